The summed E-state index contributed by atoms with van der Waals surface area (Å²) < 4.78 is 5.36. The third-order valence-electron chi connectivity index (χ3n) is 7.10. The molecule has 0 amide bonds. The summed E-state index contributed by atoms with van der Waals surface area (Å²) >= 11 is 5.19. The summed E-state index contributed by atoms with van der Waals surface area (Å²) in [6.45, 7) is 6.50. The second-order valence-electron chi connectivity index (χ2n) is 10.6. The maximum absolute atomic E-state index is 5.36. The van der Waals surface area contributed by atoms with Gasteiger partial charge in [-0.3, -0.25) is 0 Å². The molecule has 0 spiro atoms. The summed E-state index contributed by atoms with van der Waals surface area (Å²) in [6.07, 6.45) is 40.0. The molecule has 0 radical (unpaired) electrons. The summed E-state index contributed by atoms with van der Waals surface area (Å²) in [5, 5.41) is 0.754. The number of hydrogen-bond donors (Lipinski definition) is 0. The van der Waals surface area contributed by atoms with Crippen molar-refractivity contribution < 1.29 is 4.74 Å². The fraction of sp³-hybridized carbons (Fsp3) is 0.906. The second-order valence-corrected chi connectivity index (χ2v) is 11.0. The summed E-state index contributed by atoms with van der Waals surface area (Å²) in [5.74, 6) is 0. The van der Waals surface area contributed by atoms with E-state index in [9.17, 15) is 0 Å². The molecule has 0 aliphatic heterocycles. The Morgan fingerprint density at radius 1 is 0.500 bits per heavy atom. The van der Waals surface area contributed by atoms with Gasteiger partial charge in [0.1, 0.15) is 6.61 Å². The van der Waals surface area contributed by atoms with Crippen LogP contribution in [-0.4, -0.2) is 11.7 Å². The molecule has 202 valence electrons. The predicted octanol–water partition coefficient (Wildman–Crippen LogP) is 12.1. The van der Waals surface area contributed by atoms with Gasteiger partial charge in [-0.05, 0) is 18.6 Å². The largest absolute Gasteiger partial charge is 0.483 e. The zero-order valence-electron chi connectivity index (χ0n) is 23.4. The van der Waals surface area contributed by atoms with E-state index in [1.165, 1.54) is 167 Å². The van der Waals surface area contributed by atoms with Crippen molar-refractivity contribution in [1.82, 2.24) is 0 Å². The van der Waals surface area contributed by atoms with E-state index in [0.717, 1.165) is 11.5 Å². The first-order valence-electron chi connectivity index (χ1n) is 15.6. The van der Waals surface area contributed by atoms with E-state index in [4.69, 9.17) is 17.0 Å². The Hall–Kier alpha value is -0.370. The van der Waals surface area contributed by atoms with E-state index < -0.39 is 0 Å². The smallest absolute Gasteiger partial charge is 0.160 e. The lowest BCUT2D eigenvalue weighted by atomic mass is 10.0. The van der Waals surface area contributed by atoms with Crippen LogP contribution in [0.1, 0.15) is 180 Å². The fourth-order valence-electron chi connectivity index (χ4n) is 4.81. The SMILES string of the molecule is C=CCOC(=S)CCCCCCCCCCCCCCCCCCCCCCCCCCCC. The Balaban J connectivity index is 3.05. The molecule has 0 unspecified atom stereocenters. The van der Waals surface area contributed by atoms with Gasteiger partial charge in [-0.25, -0.2) is 0 Å². The maximum Gasteiger partial charge on any atom is 0.160 e. The molecular weight excluding hydrogens is 432 g/mol. The Labute approximate surface area is 221 Å². The molecule has 0 saturated carbocycles. The van der Waals surface area contributed by atoms with Gasteiger partial charge < -0.3 is 4.74 Å². The average molecular weight is 495 g/mol. The van der Waals surface area contributed by atoms with Crippen molar-refractivity contribution in [1.29, 1.82) is 0 Å². The summed E-state index contributed by atoms with van der Waals surface area (Å²) in [4.78, 5) is 0. The maximum atomic E-state index is 5.36. The first-order chi connectivity index (χ1) is 16.8. The van der Waals surface area contributed by atoms with Crippen molar-refractivity contribution in [3.63, 3.8) is 0 Å². The van der Waals surface area contributed by atoms with E-state index in [0.29, 0.717) is 6.61 Å². The van der Waals surface area contributed by atoms with E-state index in [1.54, 1.807) is 6.08 Å². The molecule has 2 heteroatoms. The Morgan fingerprint density at radius 3 is 1.03 bits per heavy atom. The van der Waals surface area contributed by atoms with Crippen molar-refractivity contribution in [2.45, 2.75) is 180 Å². The molecule has 0 aromatic rings. The molecule has 0 saturated heterocycles. The van der Waals surface area contributed by atoms with Crippen LogP contribution >= 0.6 is 12.2 Å². The van der Waals surface area contributed by atoms with Crippen molar-refractivity contribution >= 4 is 17.3 Å². The lowest BCUT2D eigenvalue weighted by Crippen LogP contribution is -2.01. The van der Waals surface area contributed by atoms with Gasteiger partial charge in [0.05, 0.1) is 0 Å². The van der Waals surface area contributed by atoms with Gasteiger partial charge in [0.2, 0.25) is 0 Å². The minimum Gasteiger partial charge on any atom is -0.483 e. The predicted molar refractivity (Wildman–Crippen MR) is 159 cm³/mol. The summed E-state index contributed by atoms with van der Waals surface area (Å²) in [5.41, 5.74) is 0. The van der Waals surface area contributed by atoms with Crippen LogP contribution in [0.5, 0.6) is 0 Å². The van der Waals surface area contributed by atoms with Gasteiger partial charge in [0.15, 0.2) is 5.05 Å². The van der Waals surface area contributed by atoms with Gasteiger partial charge in [-0.15, -0.1) is 0 Å². The van der Waals surface area contributed by atoms with Crippen LogP contribution in [0.15, 0.2) is 12.7 Å². The number of rotatable bonds is 29. The molecule has 0 fully saturated rings. The van der Waals surface area contributed by atoms with Crippen LogP contribution in [0.3, 0.4) is 0 Å². The minimum absolute atomic E-state index is 0.554. The van der Waals surface area contributed by atoms with E-state index in [1.807, 2.05) is 0 Å². The Kier molecular flexibility index (Phi) is 30.3. The molecule has 0 N–H and O–H groups in total. The lowest BCUT2D eigenvalue weighted by molar-refractivity contribution is 0.348. The zero-order chi connectivity index (χ0) is 24.8. The highest BCUT2D eigenvalue weighted by Crippen LogP contribution is 2.16. The highest BCUT2D eigenvalue weighted by atomic mass is 32.1. The van der Waals surface area contributed by atoms with Gasteiger partial charge in [-0.1, -0.05) is 180 Å². The van der Waals surface area contributed by atoms with Crippen molar-refractivity contribution in [2.24, 2.45) is 0 Å². The van der Waals surface area contributed by atoms with E-state index in [-0.39, 0.29) is 0 Å². The minimum atomic E-state index is 0.554. The molecule has 0 bridgehead atoms. The number of unbranched alkanes of at least 4 members (excludes halogenated alkanes) is 25. The van der Waals surface area contributed by atoms with Crippen molar-refractivity contribution in [3.8, 4) is 0 Å². The third kappa shape index (κ3) is 29.7. The zero-order valence-corrected chi connectivity index (χ0v) is 24.2. The molecule has 0 heterocycles. The number of hydrogen-bond acceptors (Lipinski definition) is 2. The normalized spacial score (nSPS) is 11.1. The van der Waals surface area contributed by atoms with Gasteiger partial charge in [-0.2, -0.15) is 0 Å². The lowest BCUT2D eigenvalue weighted by Gasteiger charge is -2.05. The highest BCUT2D eigenvalue weighted by molar-refractivity contribution is 7.80. The molecule has 0 rings (SSSR count). The molecule has 0 aromatic heterocycles. The monoisotopic (exact) mass is 494 g/mol. The molecule has 0 aliphatic rings. The van der Waals surface area contributed by atoms with Crippen LogP contribution in [0, 0.1) is 0 Å². The first kappa shape index (κ1) is 33.6. The van der Waals surface area contributed by atoms with Crippen molar-refractivity contribution in [3.05, 3.63) is 12.7 Å². The Bertz CT molecular complexity index is 406. The quantitative estimate of drug-likeness (QED) is 0.0580. The van der Waals surface area contributed by atoms with Crippen LogP contribution in [0.25, 0.3) is 0 Å². The van der Waals surface area contributed by atoms with Gasteiger partial charge in [0, 0.05) is 6.42 Å². The van der Waals surface area contributed by atoms with E-state index in [2.05, 4.69) is 13.5 Å². The molecule has 1 nitrogen and oxygen atoms in total. The molecule has 0 aliphatic carbocycles. The van der Waals surface area contributed by atoms with Gasteiger partial charge >= 0.3 is 0 Å². The highest BCUT2D eigenvalue weighted by Gasteiger charge is 1.98. The molecule has 0 aromatic carbocycles. The molecule has 0 atom stereocenters. The number of thiocarbonyl (C=S) groups is 1. The molecule has 34 heavy (non-hydrogen) atoms. The first-order valence-corrected chi connectivity index (χ1v) is 16.0. The average Bonchev–Trinajstić information content (AvgIpc) is 2.84. The van der Waals surface area contributed by atoms with Crippen LogP contribution in [0.2, 0.25) is 0 Å². The summed E-state index contributed by atoms with van der Waals surface area (Å²) in [7, 11) is 0. The van der Waals surface area contributed by atoms with Crippen LogP contribution in [-0.2, 0) is 4.74 Å². The number of ether oxygens (including phenoxy) is 1. The van der Waals surface area contributed by atoms with Crippen LogP contribution < -0.4 is 0 Å². The van der Waals surface area contributed by atoms with E-state index >= 15 is 0 Å². The standard InChI is InChI=1S/C32H62OS/c1-3-5-6-7-8-9-10-11-12-13-14-15-16-17-18-19-20-21-22-23-24-25-26-27-28-29-30-32(34)33-31-4-2/h4H,2-3,5-31H2,1H3. The van der Waals surface area contributed by atoms with Gasteiger partial charge in [0.25, 0.3) is 0 Å². The third-order valence-corrected chi connectivity index (χ3v) is 7.42. The van der Waals surface area contributed by atoms with Crippen molar-refractivity contribution in [2.75, 3.05) is 6.61 Å². The second kappa shape index (κ2) is 30.7. The van der Waals surface area contributed by atoms with Crippen LogP contribution in [0.4, 0.5) is 0 Å². The topological polar surface area (TPSA) is 9.23 Å². The fourth-order valence-corrected chi connectivity index (χ4v) is 5.02. The summed E-state index contributed by atoms with van der Waals surface area (Å²) in [6, 6.07) is 0. The Morgan fingerprint density at radius 2 is 0.765 bits per heavy atom. The molecular formula is C32H62OS.